The number of rotatable bonds is 6. The summed E-state index contributed by atoms with van der Waals surface area (Å²) in [7, 11) is 1.56. The van der Waals surface area contributed by atoms with E-state index in [1.165, 1.54) is 19.3 Å². The van der Waals surface area contributed by atoms with Gasteiger partial charge < -0.3 is 15.7 Å². The third kappa shape index (κ3) is 4.79. The smallest absolute Gasteiger partial charge is 0.251 e. The van der Waals surface area contributed by atoms with Gasteiger partial charge in [0.1, 0.15) is 0 Å². The Kier molecular flexibility index (Phi) is 6.59. The number of aliphatic hydroxyl groups is 1. The molecule has 0 aliphatic heterocycles. The third-order valence-electron chi connectivity index (χ3n) is 4.59. The van der Waals surface area contributed by atoms with E-state index >= 15 is 0 Å². The molecule has 0 saturated heterocycles. The number of hydrogen-bond acceptors (Lipinski definition) is 3. The molecule has 1 aromatic carbocycles. The highest BCUT2D eigenvalue weighted by molar-refractivity contribution is 5.99. The Morgan fingerprint density at radius 3 is 2.43 bits per heavy atom. The highest BCUT2D eigenvalue weighted by Crippen LogP contribution is 2.28. The summed E-state index contributed by atoms with van der Waals surface area (Å²) in [4.78, 5) is 24.2. The number of amides is 2. The van der Waals surface area contributed by atoms with Crippen LogP contribution in [0.4, 0.5) is 0 Å². The lowest BCUT2D eigenvalue weighted by atomic mass is 9.82. The fourth-order valence-corrected chi connectivity index (χ4v) is 3.30. The van der Waals surface area contributed by atoms with Gasteiger partial charge in [0.05, 0.1) is 0 Å². The Morgan fingerprint density at radius 2 is 1.83 bits per heavy atom. The maximum Gasteiger partial charge on any atom is 0.251 e. The first kappa shape index (κ1) is 17.5. The number of benzene rings is 1. The molecule has 1 aliphatic carbocycles. The quantitative estimate of drug-likeness (QED) is 0.751. The Bertz CT molecular complexity index is 539. The van der Waals surface area contributed by atoms with Gasteiger partial charge in [-0.2, -0.15) is 0 Å². The second-order valence-electron chi connectivity index (χ2n) is 6.15. The maximum atomic E-state index is 12.5. The Balaban J connectivity index is 2.07. The maximum absolute atomic E-state index is 12.5. The Labute approximate surface area is 137 Å². The van der Waals surface area contributed by atoms with Gasteiger partial charge in [0.25, 0.3) is 11.8 Å². The predicted octanol–water partition coefficient (Wildman–Crippen LogP) is 2.11. The molecule has 1 saturated carbocycles. The van der Waals surface area contributed by atoms with Gasteiger partial charge in [-0.3, -0.25) is 9.59 Å². The fourth-order valence-electron chi connectivity index (χ4n) is 3.30. The van der Waals surface area contributed by atoms with Gasteiger partial charge in [-0.05, 0) is 43.4 Å². The van der Waals surface area contributed by atoms with Gasteiger partial charge in [-0.25, -0.2) is 0 Å². The van der Waals surface area contributed by atoms with Crippen LogP contribution in [0.25, 0.3) is 0 Å². The van der Waals surface area contributed by atoms with Gasteiger partial charge in [0.15, 0.2) is 0 Å². The molecule has 1 aromatic rings. The lowest BCUT2D eigenvalue weighted by Crippen LogP contribution is -2.41. The van der Waals surface area contributed by atoms with Crippen LogP contribution in [-0.2, 0) is 0 Å². The van der Waals surface area contributed by atoms with E-state index < -0.39 is 0 Å². The number of carbonyl (C=O) groups is 2. The van der Waals surface area contributed by atoms with E-state index in [0.29, 0.717) is 23.5 Å². The number of aliphatic hydroxyl groups excluding tert-OH is 1. The molecule has 0 aromatic heterocycles. The molecule has 1 unspecified atom stereocenters. The molecule has 0 bridgehead atoms. The Morgan fingerprint density at radius 1 is 1.17 bits per heavy atom. The van der Waals surface area contributed by atoms with Crippen LogP contribution in [0, 0.1) is 5.92 Å². The molecule has 5 heteroatoms. The average Bonchev–Trinajstić information content (AvgIpc) is 2.61. The molecular formula is C18H26N2O3. The minimum atomic E-state index is -0.209. The highest BCUT2D eigenvalue weighted by Gasteiger charge is 2.25. The van der Waals surface area contributed by atoms with Crippen molar-refractivity contribution in [3.8, 4) is 0 Å². The van der Waals surface area contributed by atoms with Crippen molar-refractivity contribution in [3.05, 3.63) is 35.4 Å². The molecule has 5 nitrogen and oxygen atoms in total. The fraction of sp³-hybridized carbons (Fsp3) is 0.556. The van der Waals surface area contributed by atoms with Crippen molar-refractivity contribution in [3.63, 3.8) is 0 Å². The summed E-state index contributed by atoms with van der Waals surface area (Å²) in [6, 6.07) is 6.70. The summed E-state index contributed by atoms with van der Waals surface area (Å²) in [6.45, 7) is 0.0692. The molecule has 23 heavy (non-hydrogen) atoms. The zero-order chi connectivity index (χ0) is 16.7. The predicted molar refractivity (Wildman–Crippen MR) is 89.4 cm³/mol. The molecule has 126 valence electrons. The van der Waals surface area contributed by atoms with Crippen LogP contribution in [0.2, 0.25) is 0 Å². The molecule has 0 heterocycles. The average molecular weight is 318 g/mol. The summed E-state index contributed by atoms with van der Waals surface area (Å²) in [5.74, 6) is 0.0422. The highest BCUT2D eigenvalue weighted by atomic mass is 16.3. The standard InChI is InChI=1S/C18H26N2O3/c1-19-17(22)14-8-5-9-15(12-14)18(23)20-16(10-11-21)13-6-3-2-4-7-13/h5,8-9,12-13,16,21H,2-4,6-7,10-11H2,1H3,(H,19,22)(H,20,23). The third-order valence-corrected chi connectivity index (χ3v) is 4.59. The van der Waals surface area contributed by atoms with E-state index in [9.17, 15) is 14.7 Å². The van der Waals surface area contributed by atoms with E-state index in [4.69, 9.17) is 0 Å². The topological polar surface area (TPSA) is 78.4 Å². The summed E-state index contributed by atoms with van der Waals surface area (Å²) >= 11 is 0. The van der Waals surface area contributed by atoms with E-state index in [0.717, 1.165) is 12.8 Å². The molecule has 0 radical (unpaired) electrons. The normalized spacial score (nSPS) is 16.6. The van der Waals surface area contributed by atoms with E-state index in [-0.39, 0.29) is 24.5 Å². The van der Waals surface area contributed by atoms with Crippen LogP contribution < -0.4 is 10.6 Å². The van der Waals surface area contributed by atoms with Crippen LogP contribution in [0.1, 0.15) is 59.2 Å². The monoisotopic (exact) mass is 318 g/mol. The first-order chi connectivity index (χ1) is 11.2. The molecule has 2 rings (SSSR count). The van der Waals surface area contributed by atoms with Crippen molar-refractivity contribution in [2.24, 2.45) is 5.92 Å². The zero-order valence-electron chi connectivity index (χ0n) is 13.7. The van der Waals surface area contributed by atoms with Crippen LogP contribution >= 0.6 is 0 Å². The van der Waals surface area contributed by atoms with Gasteiger partial charge in [0, 0.05) is 30.8 Å². The zero-order valence-corrected chi connectivity index (χ0v) is 13.7. The van der Waals surface area contributed by atoms with Crippen molar-refractivity contribution in [1.29, 1.82) is 0 Å². The van der Waals surface area contributed by atoms with E-state index in [1.54, 1.807) is 31.3 Å². The van der Waals surface area contributed by atoms with Crippen LogP contribution in [0.15, 0.2) is 24.3 Å². The van der Waals surface area contributed by atoms with E-state index in [2.05, 4.69) is 10.6 Å². The van der Waals surface area contributed by atoms with Crippen LogP contribution in [0.3, 0.4) is 0 Å². The molecular weight excluding hydrogens is 292 g/mol. The van der Waals surface area contributed by atoms with Crippen molar-refractivity contribution < 1.29 is 14.7 Å². The number of nitrogens with one attached hydrogen (secondary N) is 2. The first-order valence-corrected chi connectivity index (χ1v) is 8.39. The minimum Gasteiger partial charge on any atom is -0.396 e. The molecule has 2 amide bonds. The van der Waals surface area contributed by atoms with Crippen molar-refractivity contribution in [2.75, 3.05) is 13.7 Å². The van der Waals surface area contributed by atoms with Crippen LogP contribution in [-0.4, -0.2) is 36.6 Å². The summed E-state index contributed by atoms with van der Waals surface area (Å²) in [5.41, 5.74) is 0.946. The number of hydrogen-bond donors (Lipinski definition) is 3. The Hall–Kier alpha value is -1.88. The van der Waals surface area contributed by atoms with Gasteiger partial charge in [-0.1, -0.05) is 25.3 Å². The summed E-state index contributed by atoms with van der Waals surface area (Å²) in [6.07, 6.45) is 6.41. The lowest BCUT2D eigenvalue weighted by molar-refractivity contribution is 0.0899. The van der Waals surface area contributed by atoms with Crippen LogP contribution in [0.5, 0.6) is 0 Å². The minimum absolute atomic E-state index is 0.00328. The van der Waals surface area contributed by atoms with Gasteiger partial charge in [-0.15, -0.1) is 0 Å². The second kappa shape index (κ2) is 8.67. The van der Waals surface area contributed by atoms with Crippen molar-refractivity contribution >= 4 is 11.8 Å². The summed E-state index contributed by atoms with van der Waals surface area (Å²) < 4.78 is 0. The molecule has 0 spiro atoms. The van der Waals surface area contributed by atoms with Gasteiger partial charge >= 0.3 is 0 Å². The molecule has 1 aliphatic rings. The number of carbonyl (C=O) groups excluding carboxylic acids is 2. The summed E-state index contributed by atoms with van der Waals surface area (Å²) in [5, 5.41) is 14.9. The SMILES string of the molecule is CNC(=O)c1cccc(C(=O)NC(CCO)C2CCCCC2)c1. The molecule has 3 N–H and O–H groups in total. The largest absolute Gasteiger partial charge is 0.396 e. The van der Waals surface area contributed by atoms with Crippen molar-refractivity contribution in [1.82, 2.24) is 10.6 Å². The second-order valence-corrected chi connectivity index (χ2v) is 6.15. The lowest BCUT2D eigenvalue weighted by Gasteiger charge is -2.30. The first-order valence-electron chi connectivity index (χ1n) is 8.39. The van der Waals surface area contributed by atoms with Crippen molar-refractivity contribution in [2.45, 2.75) is 44.6 Å². The molecule has 1 atom stereocenters. The molecule has 1 fully saturated rings. The van der Waals surface area contributed by atoms with E-state index in [1.807, 2.05) is 0 Å². The van der Waals surface area contributed by atoms with Gasteiger partial charge in [0.2, 0.25) is 0 Å².